The molecule has 1 aliphatic heterocycles. The van der Waals surface area contributed by atoms with E-state index in [1.807, 2.05) is 12.1 Å². The smallest absolute Gasteiger partial charge is 0.265 e. The Hall–Kier alpha value is -1.94. The summed E-state index contributed by atoms with van der Waals surface area (Å²) < 4.78 is 5.29. The van der Waals surface area contributed by atoms with Crippen molar-refractivity contribution in [1.29, 1.82) is 5.26 Å². The Morgan fingerprint density at radius 1 is 1.58 bits per heavy atom. The molecule has 0 aliphatic carbocycles. The van der Waals surface area contributed by atoms with E-state index in [-0.39, 0.29) is 5.91 Å². The molecule has 6 nitrogen and oxygen atoms in total. The van der Waals surface area contributed by atoms with Gasteiger partial charge in [0.2, 0.25) is 0 Å². The third-order valence-corrected chi connectivity index (χ3v) is 3.08. The zero-order valence-electron chi connectivity index (χ0n) is 10.5. The van der Waals surface area contributed by atoms with Gasteiger partial charge in [-0.25, -0.2) is 5.84 Å². The van der Waals surface area contributed by atoms with Crippen LogP contribution in [0, 0.1) is 11.3 Å². The highest BCUT2D eigenvalue weighted by atomic mass is 16.5. The number of ether oxygens (including phenoxy) is 1. The van der Waals surface area contributed by atoms with Crippen molar-refractivity contribution in [2.24, 2.45) is 5.84 Å². The molecule has 6 heteroatoms. The Morgan fingerprint density at radius 3 is 3.11 bits per heavy atom. The minimum atomic E-state index is -0.399. The number of nitrogens with one attached hydrogen (secondary N) is 1. The lowest BCUT2D eigenvalue weighted by molar-refractivity contribution is -0.00275. The van der Waals surface area contributed by atoms with Crippen LogP contribution in [0.15, 0.2) is 24.3 Å². The maximum Gasteiger partial charge on any atom is 0.265 e. The SMILES string of the molecule is N#CC1CN(Cc2ccccc2C(=O)NN)CCO1. The van der Waals surface area contributed by atoms with Gasteiger partial charge in [-0.05, 0) is 11.6 Å². The number of rotatable bonds is 3. The largest absolute Gasteiger partial charge is 0.361 e. The summed E-state index contributed by atoms with van der Waals surface area (Å²) in [5.74, 6) is 4.87. The number of morpholine rings is 1. The van der Waals surface area contributed by atoms with Gasteiger partial charge in [0.05, 0.1) is 12.7 Å². The summed E-state index contributed by atoms with van der Waals surface area (Å²) >= 11 is 0. The number of nitriles is 1. The van der Waals surface area contributed by atoms with Gasteiger partial charge in [-0.15, -0.1) is 0 Å². The van der Waals surface area contributed by atoms with Crippen molar-refractivity contribution in [2.75, 3.05) is 19.7 Å². The second-order valence-electron chi connectivity index (χ2n) is 4.35. The van der Waals surface area contributed by atoms with E-state index in [1.54, 1.807) is 12.1 Å². The monoisotopic (exact) mass is 260 g/mol. The maximum atomic E-state index is 11.7. The van der Waals surface area contributed by atoms with Crippen molar-refractivity contribution in [2.45, 2.75) is 12.6 Å². The fourth-order valence-electron chi connectivity index (χ4n) is 2.12. The number of amides is 1. The minimum Gasteiger partial charge on any atom is -0.361 e. The number of hydrogen-bond acceptors (Lipinski definition) is 5. The molecule has 100 valence electrons. The predicted octanol–water partition coefficient (Wildman–Crippen LogP) is 0.0145. The Bertz CT molecular complexity index is 498. The fraction of sp³-hybridized carbons (Fsp3) is 0.385. The number of carbonyl (C=O) groups is 1. The highest BCUT2D eigenvalue weighted by Gasteiger charge is 2.21. The van der Waals surface area contributed by atoms with E-state index >= 15 is 0 Å². The van der Waals surface area contributed by atoms with Gasteiger partial charge in [-0.1, -0.05) is 18.2 Å². The molecule has 0 bridgehead atoms. The van der Waals surface area contributed by atoms with Crippen molar-refractivity contribution >= 4 is 5.91 Å². The average molecular weight is 260 g/mol. The fourth-order valence-corrected chi connectivity index (χ4v) is 2.12. The number of hydrogen-bond donors (Lipinski definition) is 2. The van der Waals surface area contributed by atoms with Crippen LogP contribution < -0.4 is 11.3 Å². The maximum absolute atomic E-state index is 11.7. The van der Waals surface area contributed by atoms with Crippen LogP contribution in [0.3, 0.4) is 0 Å². The molecule has 1 amide bonds. The molecule has 1 fully saturated rings. The number of nitrogens with zero attached hydrogens (tertiary/aromatic N) is 2. The van der Waals surface area contributed by atoms with Gasteiger partial charge in [0.1, 0.15) is 0 Å². The van der Waals surface area contributed by atoms with Crippen LogP contribution in [0.25, 0.3) is 0 Å². The first-order valence-electron chi connectivity index (χ1n) is 6.07. The molecule has 0 radical (unpaired) electrons. The normalized spacial score (nSPS) is 19.7. The van der Waals surface area contributed by atoms with Crippen LogP contribution in [-0.4, -0.2) is 36.6 Å². The Kier molecular flexibility index (Phi) is 4.47. The number of nitrogen functional groups attached to an aromatic ring is 1. The first-order chi connectivity index (χ1) is 9.24. The van der Waals surface area contributed by atoms with Crippen molar-refractivity contribution < 1.29 is 9.53 Å². The van der Waals surface area contributed by atoms with Gasteiger partial charge < -0.3 is 4.74 Å². The molecule has 1 aliphatic rings. The summed E-state index contributed by atoms with van der Waals surface area (Å²) in [6.45, 7) is 2.43. The molecule has 0 spiro atoms. The molecular formula is C13H16N4O2. The van der Waals surface area contributed by atoms with Gasteiger partial charge in [-0.2, -0.15) is 5.26 Å². The molecule has 3 N–H and O–H groups in total. The number of nitrogens with two attached hydrogens (primary N) is 1. The first-order valence-corrected chi connectivity index (χ1v) is 6.07. The summed E-state index contributed by atoms with van der Waals surface area (Å²) in [5.41, 5.74) is 3.60. The minimum absolute atomic E-state index is 0.305. The van der Waals surface area contributed by atoms with Gasteiger partial charge in [0, 0.05) is 25.2 Å². The Morgan fingerprint density at radius 2 is 2.37 bits per heavy atom. The van der Waals surface area contributed by atoms with Crippen LogP contribution in [0.1, 0.15) is 15.9 Å². The van der Waals surface area contributed by atoms with Gasteiger partial charge >= 0.3 is 0 Å². The summed E-state index contributed by atoms with van der Waals surface area (Å²) in [6.07, 6.45) is -0.399. The van der Waals surface area contributed by atoms with E-state index in [2.05, 4.69) is 16.4 Å². The Balaban J connectivity index is 2.11. The molecule has 1 unspecified atom stereocenters. The lowest BCUT2D eigenvalue weighted by atomic mass is 10.1. The number of hydrazine groups is 1. The molecule has 1 atom stereocenters. The zero-order chi connectivity index (χ0) is 13.7. The molecular weight excluding hydrogens is 244 g/mol. The van der Waals surface area contributed by atoms with E-state index in [0.29, 0.717) is 25.3 Å². The predicted molar refractivity (Wildman–Crippen MR) is 68.7 cm³/mol. The van der Waals surface area contributed by atoms with Crippen molar-refractivity contribution in [1.82, 2.24) is 10.3 Å². The standard InChI is InChI=1S/C13H16N4O2/c14-7-11-9-17(5-6-19-11)8-10-3-1-2-4-12(10)13(18)16-15/h1-4,11H,5-6,8-9,15H2,(H,16,18). The van der Waals surface area contributed by atoms with Crippen molar-refractivity contribution in [3.8, 4) is 6.07 Å². The number of benzene rings is 1. The van der Waals surface area contributed by atoms with E-state index in [4.69, 9.17) is 15.8 Å². The van der Waals surface area contributed by atoms with Crippen LogP contribution in [0.2, 0.25) is 0 Å². The summed E-state index contributed by atoms with van der Waals surface area (Å²) in [7, 11) is 0. The van der Waals surface area contributed by atoms with E-state index in [9.17, 15) is 4.79 Å². The van der Waals surface area contributed by atoms with E-state index < -0.39 is 6.10 Å². The van der Waals surface area contributed by atoms with Crippen LogP contribution >= 0.6 is 0 Å². The molecule has 1 heterocycles. The molecule has 2 rings (SSSR count). The zero-order valence-corrected chi connectivity index (χ0v) is 10.5. The second kappa shape index (κ2) is 6.29. The second-order valence-corrected chi connectivity index (χ2v) is 4.35. The molecule has 19 heavy (non-hydrogen) atoms. The third kappa shape index (κ3) is 3.29. The summed E-state index contributed by atoms with van der Waals surface area (Å²) in [6, 6.07) is 9.41. The number of carbonyl (C=O) groups excluding carboxylic acids is 1. The summed E-state index contributed by atoms with van der Waals surface area (Å²) in [4.78, 5) is 13.8. The van der Waals surface area contributed by atoms with E-state index in [1.165, 1.54) is 0 Å². The van der Waals surface area contributed by atoms with Crippen molar-refractivity contribution in [3.63, 3.8) is 0 Å². The van der Waals surface area contributed by atoms with Gasteiger partial charge in [-0.3, -0.25) is 15.1 Å². The van der Waals surface area contributed by atoms with Crippen LogP contribution in [0.5, 0.6) is 0 Å². The van der Waals surface area contributed by atoms with Crippen LogP contribution in [0.4, 0.5) is 0 Å². The quantitative estimate of drug-likeness (QED) is 0.454. The first kappa shape index (κ1) is 13.5. The average Bonchev–Trinajstić information content (AvgIpc) is 2.47. The highest BCUT2D eigenvalue weighted by Crippen LogP contribution is 2.14. The Labute approximate surface area is 111 Å². The molecule has 0 aromatic heterocycles. The topological polar surface area (TPSA) is 91.4 Å². The van der Waals surface area contributed by atoms with Gasteiger partial charge in [0.15, 0.2) is 6.10 Å². The van der Waals surface area contributed by atoms with Gasteiger partial charge in [0.25, 0.3) is 5.91 Å². The van der Waals surface area contributed by atoms with Crippen molar-refractivity contribution in [3.05, 3.63) is 35.4 Å². The lowest BCUT2D eigenvalue weighted by Gasteiger charge is -2.30. The molecule has 0 saturated carbocycles. The molecule has 1 saturated heterocycles. The summed E-state index contributed by atoms with van der Waals surface area (Å²) in [5, 5.41) is 8.87. The molecule has 1 aromatic rings. The third-order valence-electron chi connectivity index (χ3n) is 3.08. The van der Waals surface area contributed by atoms with E-state index in [0.717, 1.165) is 12.1 Å². The van der Waals surface area contributed by atoms with Crippen LogP contribution in [-0.2, 0) is 11.3 Å². The lowest BCUT2D eigenvalue weighted by Crippen LogP contribution is -2.41. The molecule has 1 aromatic carbocycles. The highest BCUT2D eigenvalue weighted by molar-refractivity contribution is 5.95.